The molecular weight excluding hydrogens is 390 g/mol. The second kappa shape index (κ2) is 7.31. The van der Waals surface area contributed by atoms with Gasteiger partial charge >= 0.3 is 12.2 Å². The minimum Gasteiger partial charge on any atom is -0.444 e. The van der Waals surface area contributed by atoms with Gasteiger partial charge in [0.1, 0.15) is 23.6 Å². The minimum atomic E-state index is -1.18. The van der Waals surface area contributed by atoms with Crippen molar-refractivity contribution in [2.75, 3.05) is 6.61 Å². The summed E-state index contributed by atoms with van der Waals surface area (Å²) in [6.07, 6.45) is -1.05. The van der Waals surface area contributed by atoms with Gasteiger partial charge in [0.15, 0.2) is 11.6 Å². The number of aldehydes is 1. The third kappa shape index (κ3) is 3.67. The van der Waals surface area contributed by atoms with Crippen LogP contribution in [0.3, 0.4) is 0 Å². The van der Waals surface area contributed by atoms with Crippen LogP contribution in [0.4, 0.5) is 9.59 Å². The molecule has 4 heterocycles. The number of hydrogen-bond donors (Lipinski definition) is 0. The number of fused-ring (bicyclic) bond motifs is 1. The van der Waals surface area contributed by atoms with Gasteiger partial charge in [0.05, 0.1) is 12.6 Å². The second-order valence-corrected chi connectivity index (χ2v) is 9.69. The summed E-state index contributed by atoms with van der Waals surface area (Å²) in [7, 11) is 0. The molecule has 30 heavy (non-hydrogen) atoms. The van der Waals surface area contributed by atoms with Crippen molar-refractivity contribution in [3.8, 4) is 11.8 Å². The van der Waals surface area contributed by atoms with Gasteiger partial charge in [-0.3, -0.25) is 9.69 Å². The van der Waals surface area contributed by atoms with Crippen LogP contribution in [0.15, 0.2) is 11.6 Å². The quantitative estimate of drug-likeness (QED) is 0.386. The van der Waals surface area contributed by atoms with Gasteiger partial charge in [0, 0.05) is 11.5 Å². The summed E-state index contributed by atoms with van der Waals surface area (Å²) in [4.78, 5) is 38.9. The maximum absolute atomic E-state index is 13.1. The fraction of sp³-hybridized carbons (Fsp3) is 0.682. The molecule has 8 nitrogen and oxygen atoms in total. The van der Waals surface area contributed by atoms with Gasteiger partial charge < -0.3 is 18.9 Å². The summed E-state index contributed by atoms with van der Waals surface area (Å²) in [5, 5.41) is 0. The normalized spacial score (nSPS) is 32.0. The SMILES string of the molecule is CC#CC12C3COC(C(C=O)=CC3N1C(=O)OC(C)(C)C)C2OC(=O)OC(C)(C)C. The number of hydrogen-bond acceptors (Lipinski definition) is 7. The monoisotopic (exact) mass is 419 g/mol. The molecule has 8 heteroatoms. The first-order valence-electron chi connectivity index (χ1n) is 9.98. The summed E-state index contributed by atoms with van der Waals surface area (Å²) in [5.74, 6) is 5.67. The van der Waals surface area contributed by atoms with Crippen LogP contribution < -0.4 is 0 Å². The van der Waals surface area contributed by atoms with Crippen molar-refractivity contribution < 1.29 is 33.3 Å². The number of carbonyl (C=O) groups excluding carboxylic acids is 3. The predicted molar refractivity (Wildman–Crippen MR) is 107 cm³/mol. The van der Waals surface area contributed by atoms with E-state index >= 15 is 0 Å². The van der Waals surface area contributed by atoms with E-state index in [1.807, 2.05) is 0 Å². The third-order valence-corrected chi connectivity index (χ3v) is 5.19. The Hall–Kier alpha value is -2.53. The van der Waals surface area contributed by atoms with Gasteiger partial charge in [0.2, 0.25) is 0 Å². The Labute approximate surface area is 176 Å². The van der Waals surface area contributed by atoms with Gasteiger partial charge in [-0.2, -0.15) is 0 Å². The molecule has 0 aromatic heterocycles. The highest BCUT2D eigenvalue weighted by Crippen LogP contribution is 2.54. The molecule has 164 valence electrons. The Morgan fingerprint density at radius 1 is 1.20 bits per heavy atom. The van der Waals surface area contributed by atoms with Crippen LogP contribution in [0, 0.1) is 17.8 Å². The first kappa shape index (κ1) is 22.2. The Bertz CT molecular complexity index is 838. The van der Waals surface area contributed by atoms with Crippen molar-refractivity contribution in [3.05, 3.63) is 11.6 Å². The van der Waals surface area contributed by atoms with Gasteiger partial charge in [0.25, 0.3) is 0 Å². The molecule has 0 aromatic carbocycles. The first-order chi connectivity index (χ1) is 13.8. The lowest BCUT2D eigenvalue weighted by Crippen LogP contribution is -2.82. The van der Waals surface area contributed by atoms with E-state index in [1.165, 1.54) is 4.90 Å². The lowest BCUT2D eigenvalue weighted by molar-refractivity contribution is -0.221. The second-order valence-electron chi connectivity index (χ2n) is 9.69. The van der Waals surface area contributed by atoms with Crippen molar-refractivity contribution in [3.63, 3.8) is 0 Å². The number of ether oxygens (including phenoxy) is 4. The Kier molecular flexibility index (Phi) is 5.40. The van der Waals surface area contributed by atoms with E-state index in [2.05, 4.69) is 11.8 Å². The topological polar surface area (TPSA) is 91.4 Å². The number of carbonyl (C=O) groups is 3. The van der Waals surface area contributed by atoms with E-state index in [0.717, 1.165) is 0 Å². The van der Waals surface area contributed by atoms with Gasteiger partial charge in [-0.25, -0.2) is 9.59 Å². The van der Waals surface area contributed by atoms with Crippen LogP contribution in [-0.4, -0.2) is 65.0 Å². The summed E-state index contributed by atoms with van der Waals surface area (Å²) in [6.45, 7) is 12.4. The van der Waals surface area contributed by atoms with E-state index in [9.17, 15) is 14.4 Å². The highest BCUT2D eigenvalue weighted by molar-refractivity contribution is 5.80. The zero-order valence-corrected chi connectivity index (χ0v) is 18.5. The molecule has 0 aromatic rings. The van der Waals surface area contributed by atoms with Gasteiger partial charge in [-0.1, -0.05) is 12.0 Å². The van der Waals surface area contributed by atoms with E-state index in [0.29, 0.717) is 11.9 Å². The van der Waals surface area contributed by atoms with Crippen LogP contribution in [0.1, 0.15) is 48.5 Å². The molecule has 1 aliphatic carbocycles. The lowest BCUT2D eigenvalue weighted by atomic mass is 9.64. The highest BCUT2D eigenvalue weighted by atomic mass is 16.7. The molecule has 2 saturated heterocycles. The molecule has 5 aliphatic rings. The molecule has 0 radical (unpaired) electrons. The van der Waals surface area contributed by atoms with Crippen molar-refractivity contribution in [1.29, 1.82) is 0 Å². The third-order valence-electron chi connectivity index (χ3n) is 5.19. The van der Waals surface area contributed by atoms with E-state index in [1.54, 1.807) is 54.5 Å². The molecule has 4 aliphatic heterocycles. The standard InChI is InChI=1S/C22H29NO7/c1-8-9-22-14-12-27-16(17(22)28-19(26)30-21(5,6)7)13(11-24)10-15(14)23(22)18(25)29-20(2,3)4/h10-11,14-17H,12H2,1-7H3. The smallest absolute Gasteiger partial charge is 0.444 e. The van der Waals surface area contributed by atoms with E-state index in [-0.39, 0.29) is 12.5 Å². The molecule has 5 rings (SSSR count). The van der Waals surface area contributed by atoms with Crippen molar-refractivity contribution >= 4 is 18.5 Å². The first-order valence-corrected chi connectivity index (χ1v) is 9.98. The summed E-state index contributed by atoms with van der Waals surface area (Å²) in [6, 6.07) is -0.446. The molecule has 2 fully saturated rings. The van der Waals surface area contributed by atoms with E-state index in [4.69, 9.17) is 18.9 Å². The van der Waals surface area contributed by atoms with Crippen molar-refractivity contribution in [1.82, 2.24) is 4.90 Å². The van der Waals surface area contributed by atoms with Crippen LogP contribution in [0.5, 0.6) is 0 Å². The molecule has 0 N–H and O–H groups in total. The predicted octanol–water partition coefficient (Wildman–Crippen LogP) is 2.84. The maximum atomic E-state index is 13.1. The number of nitrogens with zero attached hydrogens (tertiary/aromatic N) is 1. The number of amides is 1. The zero-order valence-electron chi connectivity index (χ0n) is 18.5. The highest BCUT2D eigenvalue weighted by Gasteiger charge is 2.73. The minimum absolute atomic E-state index is 0.269. The fourth-order valence-electron chi connectivity index (χ4n) is 4.28. The van der Waals surface area contributed by atoms with Crippen LogP contribution >= 0.6 is 0 Å². The molecular formula is C22H29NO7. The average Bonchev–Trinajstić information content (AvgIpc) is 2.82. The average molecular weight is 419 g/mol. The largest absolute Gasteiger partial charge is 0.509 e. The molecule has 0 saturated carbocycles. The molecule has 1 amide bonds. The summed E-state index contributed by atoms with van der Waals surface area (Å²) >= 11 is 0. The van der Waals surface area contributed by atoms with Crippen LogP contribution in [0.2, 0.25) is 0 Å². The molecule has 5 atom stereocenters. The van der Waals surface area contributed by atoms with Crippen molar-refractivity contribution in [2.45, 2.75) is 83.5 Å². The fourth-order valence-corrected chi connectivity index (χ4v) is 4.28. The molecule has 5 unspecified atom stereocenters. The Morgan fingerprint density at radius 2 is 1.83 bits per heavy atom. The summed E-state index contributed by atoms with van der Waals surface area (Å²) < 4.78 is 22.5. The van der Waals surface area contributed by atoms with Gasteiger partial charge in [-0.15, -0.1) is 5.92 Å². The summed E-state index contributed by atoms with van der Waals surface area (Å²) in [5.41, 5.74) is -2.38. The van der Waals surface area contributed by atoms with Crippen LogP contribution in [0.25, 0.3) is 0 Å². The van der Waals surface area contributed by atoms with Crippen LogP contribution in [-0.2, 0) is 23.7 Å². The zero-order chi connectivity index (χ0) is 22.5. The molecule has 4 bridgehead atoms. The Balaban J connectivity index is 2.06. The lowest BCUT2D eigenvalue weighted by Gasteiger charge is -2.63. The number of rotatable bonds is 2. The van der Waals surface area contributed by atoms with E-state index < -0.39 is 47.2 Å². The molecule has 0 spiro atoms. The maximum Gasteiger partial charge on any atom is 0.509 e. The van der Waals surface area contributed by atoms with Gasteiger partial charge in [-0.05, 0) is 48.5 Å². The van der Waals surface area contributed by atoms with Crippen molar-refractivity contribution in [2.24, 2.45) is 5.92 Å². The Morgan fingerprint density at radius 3 is 2.37 bits per heavy atom.